The zero-order valence-electron chi connectivity index (χ0n) is 12.8. The molecule has 0 bridgehead atoms. The number of sulfonamides is 1. The number of rotatable bonds is 7. The highest BCUT2D eigenvalue weighted by Gasteiger charge is 2.28. The Labute approximate surface area is 131 Å². The lowest BCUT2D eigenvalue weighted by Crippen LogP contribution is -2.40. The summed E-state index contributed by atoms with van der Waals surface area (Å²) in [5.41, 5.74) is -0.724. The molecule has 0 heterocycles. The molecule has 122 valence electrons. The van der Waals surface area contributed by atoms with Gasteiger partial charge in [0, 0.05) is 18.2 Å². The van der Waals surface area contributed by atoms with Crippen molar-refractivity contribution in [2.75, 3.05) is 6.54 Å². The zero-order valence-corrected chi connectivity index (χ0v) is 13.6. The van der Waals surface area contributed by atoms with Crippen LogP contribution < -0.4 is 10.0 Å². The van der Waals surface area contributed by atoms with Crippen LogP contribution in [0.2, 0.25) is 0 Å². The van der Waals surface area contributed by atoms with Gasteiger partial charge in [-0.1, -0.05) is 13.0 Å². The molecule has 1 fully saturated rings. The Morgan fingerprint density at radius 1 is 1.41 bits per heavy atom. The van der Waals surface area contributed by atoms with Crippen molar-refractivity contribution >= 4 is 15.9 Å². The number of hydrogen-bond donors (Lipinski definition) is 3. The molecule has 1 saturated carbocycles. The van der Waals surface area contributed by atoms with E-state index in [1.165, 1.54) is 18.2 Å². The molecule has 1 aliphatic carbocycles. The van der Waals surface area contributed by atoms with E-state index in [1.807, 2.05) is 6.92 Å². The lowest BCUT2D eigenvalue weighted by atomic mass is 10.0. The Morgan fingerprint density at radius 2 is 2.09 bits per heavy atom. The van der Waals surface area contributed by atoms with E-state index in [9.17, 15) is 18.3 Å². The number of hydrogen-bond acceptors (Lipinski definition) is 4. The van der Waals surface area contributed by atoms with Crippen LogP contribution in [0.1, 0.15) is 43.5 Å². The quantitative estimate of drug-likeness (QED) is 0.697. The largest absolute Gasteiger partial charge is 0.388 e. The van der Waals surface area contributed by atoms with Gasteiger partial charge in [0.15, 0.2) is 0 Å². The third kappa shape index (κ3) is 4.53. The fourth-order valence-corrected chi connectivity index (χ4v) is 3.14. The molecule has 2 rings (SSSR count). The summed E-state index contributed by atoms with van der Waals surface area (Å²) in [5.74, 6) is -0.405. The molecule has 0 radical (unpaired) electrons. The maximum Gasteiger partial charge on any atom is 0.251 e. The van der Waals surface area contributed by atoms with Gasteiger partial charge in [-0.2, -0.15) is 0 Å². The van der Waals surface area contributed by atoms with Crippen molar-refractivity contribution in [3.63, 3.8) is 0 Å². The van der Waals surface area contributed by atoms with Crippen molar-refractivity contribution < 1.29 is 18.3 Å². The first-order valence-electron chi connectivity index (χ1n) is 7.36. The standard InChI is InChI=1S/C15H22N2O4S/c1-3-15(2,19)10-16-14(18)11-5-4-6-13(9-11)22(20,21)17-12-7-8-12/h4-6,9,12,17,19H,3,7-8,10H2,1-2H3,(H,16,18). The molecular weight excluding hydrogens is 304 g/mol. The van der Waals surface area contributed by atoms with Crippen LogP contribution in [-0.2, 0) is 10.0 Å². The van der Waals surface area contributed by atoms with E-state index in [0.717, 1.165) is 12.8 Å². The maximum atomic E-state index is 12.1. The van der Waals surface area contributed by atoms with Gasteiger partial charge >= 0.3 is 0 Å². The van der Waals surface area contributed by atoms with Gasteiger partial charge in [-0.05, 0) is 44.4 Å². The predicted octanol–water partition coefficient (Wildman–Crippen LogP) is 1.02. The van der Waals surface area contributed by atoms with E-state index in [1.54, 1.807) is 13.0 Å². The van der Waals surface area contributed by atoms with Gasteiger partial charge in [-0.3, -0.25) is 4.79 Å². The van der Waals surface area contributed by atoms with E-state index >= 15 is 0 Å². The van der Waals surface area contributed by atoms with Gasteiger partial charge in [0.2, 0.25) is 10.0 Å². The fourth-order valence-electron chi connectivity index (χ4n) is 1.79. The normalized spacial score (nSPS) is 17.8. The number of carbonyl (C=O) groups excluding carboxylic acids is 1. The molecule has 6 nitrogen and oxygen atoms in total. The first-order chi connectivity index (χ1) is 10.2. The lowest BCUT2D eigenvalue weighted by molar-refractivity contribution is 0.0518. The van der Waals surface area contributed by atoms with Crippen LogP contribution in [0.15, 0.2) is 29.2 Å². The number of benzene rings is 1. The molecule has 22 heavy (non-hydrogen) atoms. The molecule has 1 atom stereocenters. The Kier molecular flexibility index (Phi) is 4.89. The Morgan fingerprint density at radius 3 is 2.68 bits per heavy atom. The highest BCUT2D eigenvalue weighted by molar-refractivity contribution is 7.89. The summed E-state index contributed by atoms with van der Waals surface area (Å²) in [7, 11) is -3.58. The molecule has 1 unspecified atom stereocenters. The van der Waals surface area contributed by atoms with Crippen molar-refractivity contribution in [1.29, 1.82) is 0 Å². The highest BCUT2D eigenvalue weighted by atomic mass is 32.2. The summed E-state index contributed by atoms with van der Waals surface area (Å²) in [4.78, 5) is 12.2. The number of nitrogens with one attached hydrogen (secondary N) is 2. The second-order valence-corrected chi connectivity index (χ2v) is 7.67. The van der Waals surface area contributed by atoms with Crippen LogP contribution in [0.25, 0.3) is 0 Å². The van der Waals surface area contributed by atoms with E-state index in [2.05, 4.69) is 10.0 Å². The molecule has 0 aromatic heterocycles. The second-order valence-electron chi connectivity index (χ2n) is 5.96. The van der Waals surface area contributed by atoms with Crippen molar-refractivity contribution in [1.82, 2.24) is 10.0 Å². The summed E-state index contributed by atoms with van der Waals surface area (Å²) in [6.07, 6.45) is 2.21. The molecular formula is C15H22N2O4S. The molecule has 1 aliphatic rings. The molecule has 0 saturated heterocycles. The molecule has 0 spiro atoms. The number of aliphatic hydroxyl groups is 1. The van der Waals surface area contributed by atoms with E-state index in [4.69, 9.17) is 0 Å². The van der Waals surface area contributed by atoms with E-state index in [0.29, 0.717) is 6.42 Å². The summed E-state index contributed by atoms with van der Waals surface area (Å²) < 4.78 is 26.9. The van der Waals surface area contributed by atoms with Crippen LogP contribution in [0.4, 0.5) is 0 Å². The van der Waals surface area contributed by atoms with Gasteiger partial charge in [-0.25, -0.2) is 13.1 Å². The summed E-state index contributed by atoms with van der Waals surface area (Å²) in [5, 5.41) is 12.5. The average Bonchev–Trinajstić information content (AvgIpc) is 3.28. The number of carbonyl (C=O) groups is 1. The van der Waals surface area contributed by atoms with Crippen LogP contribution >= 0.6 is 0 Å². The molecule has 1 aromatic carbocycles. The molecule has 0 aliphatic heterocycles. The van der Waals surface area contributed by atoms with Crippen molar-refractivity contribution in [2.24, 2.45) is 0 Å². The van der Waals surface area contributed by atoms with Crippen molar-refractivity contribution in [2.45, 2.75) is 49.6 Å². The zero-order chi connectivity index (χ0) is 16.4. The second kappa shape index (κ2) is 6.36. The summed E-state index contributed by atoms with van der Waals surface area (Å²) >= 11 is 0. The van der Waals surface area contributed by atoms with Gasteiger partial charge in [-0.15, -0.1) is 0 Å². The SMILES string of the molecule is CCC(C)(O)CNC(=O)c1cccc(S(=O)(=O)NC2CC2)c1. The topological polar surface area (TPSA) is 95.5 Å². The maximum absolute atomic E-state index is 12.1. The molecule has 3 N–H and O–H groups in total. The van der Waals surface area contributed by atoms with Gasteiger partial charge < -0.3 is 10.4 Å². The Balaban J connectivity index is 2.09. The molecule has 1 aromatic rings. The highest BCUT2D eigenvalue weighted by Crippen LogP contribution is 2.22. The summed E-state index contributed by atoms with van der Waals surface area (Å²) in [6, 6.07) is 5.91. The fraction of sp³-hybridized carbons (Fsp3) is 0.533. The van der Waals surface area contributed by atoms with Gasteiger partial charge in [0.25, 0.3) is 5.91 Å². The minimum absolute atomic E-state index is 0.0159. The Hall–Kier alpha value is -1.44. The minimum Gasteiger partial charge on any atom is -0.388 e. The molecule has 1 amide bonds. The van der Waals surface area contributed by atoms with Crippen LogP contribution in [0.3, 0.4) is 0 Å². The first kappa shape index (κ1) is 16.9. The number of amides is 1. The monoisotopic (exact) mass is 326 g/mol. The van der Waals surface area contributed by atoms with Gasteiger partial charge in [0.1, 0.15) is 0 Å². The van der Waals surface area contributed by atoms with Crippen LogP contribution in [-0.4, -0.2) is 37.6 Å². The first-order valence-corrected chi connectivity index (χ1v) is 8.85. The summed E-state index contributed by atoms with van der Waals surface area (Å²) in [6.45, 7) is 3.57. The van der Waals surface area contributed by atoms with Crippen LogP contribution in [0.5, 0.6) is 0 Å². The average molecular weight is 326 g/mol. The third-order valence-corrected chi connectivity index (χ3v) is 5.22. The Bertz CT molecular complexity index is 651. The predicted molar refractivity (Wildman–Crippen MR) is 83.0 cm³/mol. The van der Waals surface area contributed by atoms with Crippen LogP contribution in [0, 0.1) is 0 Å². The van der Waals surface area contributed by atoms with Crippen molar-refractivity contribution in [3.8, 4) is 0 Å². The third-order valence-electron chi connectivity index (χ3n) is 3.70. The van der Waals surface area contributed by atoms with Crippen molar-refractivity contribution in [3.05, 3.63) is 29.8 Å². The molecule has 7 heteroatoms. The van der Waals surface area contributed by atoms with Gasteiger partial charge in [0.05, 0.1) is 10.5 Å². The van der Waals surface area contributed by atoms with E-state index < -0.39 is 21.5 Å². The smallest absolute Gasteiger partial charge is 0.251 e. The minimum atomic E-state index is -3.58. The van der Waals surface area contributed by atoms with E-state index in [-0.39, 0.29) is 23.0 Å². The lowest BCUT2D eigenvalue weighted by Gasteiger charge is -2.21.